The Balaban J connectivity index is 1.57. The molecule has 37 heavy (non-hydrogen) atoms. The summed E-state index contributed by atoms with van der Waals surface area (Å²) in [5.41, 5.74) is -0.376. The van der Waals surface area contributed by atoms with Gasteiger partial charge in [-0.2, -0.15) is 4.98 Å². The molecule has 1 amide bonds. The van der Waals surface area contributed by atoms with E-state index in [1.54, 1.807) is 17.7 Å². The van der Waals surface area contributed by atoms with Crippen LogP contribution in [-0.4, -0.2) is 55.7 Å². The Labute approximate surface area is 219 Å². The van der Waals surface area contributed by atoms with Crippen molar-refractivity contribution in [2.45, 2.75) is 39.2 Å². The molecule has 9 nitrogen and oxygen atoms in total. The van der Waals surface area contributed by atoms with Crippen molar-refractivity contribution in [3.8, 4) is 0 Å². The van der Waals surface area contributed by atoms with E-state index in [1.165, 1.54) is 23.7 Å². The molecule has 198 valence electrons. The van der Waals surface area contributed by atoms with Crippen LogP contribution in [0, 0.1) is 17.7 Å². The number of rotatable bonds is 4. The largest absolute Gasteiger partial charge is 0.342 e. The highest BCUT2D eigenvalue weighted by atomic mass is 35.5. The van der Waals surface area contributed by atoms with E-state index in [1.807, 2.05) is 9.80 Å². The van der Waals surface area contributed by atoms with Crippen LogP contribution in [0.4, 0.5) is 10.3 Å². The Bertz CT molecular complexity index is 1450. The van der Waals surface area contributed by atoms with Crippen LogP contribution in [0.3, 0.4) is 0 Å². The second-order valence-corrected chi connectivity index (χ2v) is 10.8. The van der Waals surface area contributed by atoms with Crippen LogP contribution >= 0.6 is 11.6 Å². The average Bonchev–Trinajstić information content (AvgIpc) is 3.28. The van der Waals surface area contributed by atoms with Gasteiger partial charge in [0.05, 0.1) is 12.5 Å². The minimum atomic E-state index is -0.517. The molecule has 1 atom stereocenters. The standard InChI is InChI=1S/C26H32ClFN6O3/c1-16-9-12-32(13-10-16)23(35)17-6-5-11-33(14-17)25-29-22-21(24(36)31(3)26(37)30(22)2)34(25)15-18-19(27)7-4-8-20(18)28/h4,7-8,16-17H,5-6,9-15H2,1-3H3. The summed E-state index contributed by atoms with van der Waals surface area (Å²) in [7, 11) is 2.97. The molecule has 2 aromatic heterocycles. The summed E-state index contributed by atoms with van der Waals surface area (Å²) < 4.78 is 18.8. The van der Waals surface area contributed by atoms with Crippen LogP contribution in [0.2, 0.25) is 5.02 Å². The van der Waals surface area contributed by atoms with E-state index < -0.39 is 17.1 Å². The summed E-state index contributed by atoms with van der Waals surface area (Å²) in [6, 6.07) is 4.45. The topological polar surface area (TPSA) is 85.4 Å². The first-order chi connectivity index (χ1) is 17.7. The Kier molecular flexibility index (Phi) is 6.87. The van der Waals surface area contributed by atoms with Gasteiger partial charge in [0.2, 0.25) is 11.9 Å². The van der Waals surface area contributed by atoms with Crippen LogP contribution < -0.4 is 16.1 Å². The predicted molar refractivity (Wildman–Crippen MR) is 141 cm³/mol. The molecule has 5 rings (SSSR count). The molecule has 0 N–H and O–H groups in total. The molecule has 2 aliphatic heterocycles. The van der Waals surface area contributed by atoms with E-state index in [2.05, 4.69) is 6.92 Å². The van der Waals surface area contributed by atoms with E-state index in [0.29, 0.717) is 25.0 Å². The summed E-state index contributed by atoms with van der Waals surface area (Å²) in [6.07, 6.45) is 3.58. The van der Waals surface area contributed by atoms with Crippen molar-refractivity contribution in [1.82, 2.24) is 23.6 Å². The lowest BCUT2D eigenvalue weighted by Crippen LogP contribution is -2.47. The molecule has 2 saturated heterocycles. The second kappa shape index (κ2) is 9.96. The smallest absolute Gasteiger partial charge is 0.332 e. The number of anilines is 1. The number of piperidine rings is 2. The van der Waals surface area contributed by atoms with E-state index in [4.69, 9.17) is 16.6 Å². The van der Waals surface area contributed by atoms with Gasteiger partial charge >= 0.3 is 5.69 Å². The first kappa shape index (κ1) is 25.5. The molecular weight excluding hydrogens is 499 g/mol. The molecule has 4 heterocycles. The molecule has 0 bridgehead atoms. The molecular formula is C26H32ClFN6O3. The number of hydrogen-bond acceptors (Lipinski definition) is 5. The first-order valence-corrected chi connectivity index (χ1v) is 13.2. The summed E-state index contributed by atoms with van der Waals surface area (Å²) in [4.78, 5) is 48.0. The minimum Gasteiger partial charge on any atom is -0.342 e. The summed E-state index contributed by atoms with van der Waals surface area (Å²) in [6.45, 7) is 4.80. The number of likely N-dealkylation sites (tertiary alicyclic amines) is 1. The molecule has 0 saturated carbocycles. The van der Waals surface area contributed by atoms with Gasteiger partial charge in [-0.1, -0.05) is 24.6 Å². The summed E-state index contributed by atoms with van der Waals surface area (Å²) >= 11 is 6.35. The van der Waals surface area contributed by atoms with E-state index in [-0.39, 0.29) is 40.1 Å². The van der Waals surface area contributed by atoms with Gasteiger partial charge in [-0.05, 0) is 43.7 Å². The van der Waals surface area contributed by atoms with Crippen molar-refractivity contribution in [3.05, 3.63) is 55.4 Å². The lowest BCUT2D eigenvalue weighted by Gasteiger charge is -2.37. The SMILES string of the molecule is CC1CCN(C(=O)C2CCCN(c3nc4c(c(=O)n(C)c(=O)n4C)n3Cc3c(F)cccc3Cl)C2)CC1. The Hall–Kier alpha value is -3.14. The maximum atomic E-state index is 14.8. The van der Waals surface area contributed by atoms with Gasteiger partial charge in [0.25, 0.3) is 5.56 Å². The molecule has 3 aromatic rings. The van der Waals surface area contributed by atoms with Crippen molar-refractivity contribution < 1.29 is 9.18 Å². The van der Waals surface area contributed by atoms with E-state index in [9.17, 15) is 18.8 Å². The van der Waals surface area contributed by atoms with Crippen molar-refractivity contribution >= 4 is 34.6 Å². The van der Waals surface area contributed by atoms with E-state index >= 15 is 0 Å². The van der Waals surface area contributed by atoms with Crippen LogP contribution in [-0.2, 0) is 25.4 Å². The zero-order valence-corrected chi connectivity index (χ0v) is 22.2. The Morgan fingerprint density at radius 2 is 1.84 bits per heavy atom. The minimum absolute atomic E-state index is 0.0378. The van der Waals surface area contributed by atoms with Gasteiger partial charge in [0, 0.05) is 50.9 Å². The lowest BCUT2D eigenvalue weighted by atomic mass is 9.93. The number of imidazole rings is 1. The molecule has 0 radical (unpaired) electrons. The van der Waals surface area contributed by atoms with Gasteiger partial charge < -0.3 is 9.80 Å². The molecule has 11 heteroatoms. The van der Waals surface area contributed by atoms with Crippen LogP contribution in [0.5, 0.6) is 0 Å². The fourth-order valence-corrected chi connectivity index (χ4v) is 5.74. The van der Waals surface area contributed by atoms with Crippen LogP contribution in [0.25, 0.3) is 11.2 Å². The highest BCUT2D eigenvalue weighted by Crippen LogP contribution is 2.30. The number of aromatic nitrogens is 4. The van der Waals surface area contributed by atoms with Gasteiger partial charge in [-0.3, -0.25) is 23.3 Å². The number of nitrogens with zero attached hydrogens (tertiary/aromatic N) is 6. The molecule has 0 aliphatic carbocycles. The number of aryl methyl sites for hydroxylation is 1. The third kappa shape index (κ3) is 4.56. The van der Waals surface area contributed by atoms with Gasteiger partial charge in [-0.15, -0.1) is 0 Å². The number of halogens is 2. The van der Waals surface area contributed by atoms with Crippen molar-refractivity contribution in [1.29, 1.82) is 0 Å². The maximum Gasteiger partial charge on any atom is 0.332 e. The Morgan fingerprint density at radius 3 is 2.54 bits per heavy atom. The number of fused-ring (bicyclic) bond motifs is 1. The monoisotopic (exact) mass is 530 g/mol. The number of benzene rings is 1. The van der Waals surface area contributed by atoms with Crippen LogP contribution in [0.1, 0.15) is 38.2 Å². The number of hydrogen-bond donors (Lipinski definition) is 0. The number of carbonyl (C=O) groups is 1. The molecule has 2 aliphatic rings. The zero-order valence-electron chi connectivity index (χ0n) is 21.4. The normalized spacial score (nSPS) is 19.1. The molecule has 2 fully saturated rings. The molecule has 0 spiro atoms. The number of carbonyl (C=O) groups excluding carboxylic acids is 1. The summed E-state index contributed by atoms with van der Waals surface area (Å²) in [5, 5.41) is 0.237. The zero-order chi connectivity index (χ0) is 26.4. The van der Waals surface area contributed by atoms with Crippen LogP contribution in [0.15, 0.2) is 27.8 Å². The van der Waals surface area contributed by atoms with Gasteiger partial charge in [-0.25, -0.2) is 9.18 Å². The quantitative estimate of drug-likeness (QED) is 0.518. The lowest BCUT2D eigenvalue weighted by molar-refractivity contribution is -0.137. The summed E-state index contributed by atoms with van der Waals surface area (Å²) in [5.74, 6) is 0.524. The van der Waals surface area contributed by atoms with E-state index in [0.717, 1.165) is 43.3 Å². The van der Waals surface area contributed by atoms with Crippen molar-refractivity contribution in [2.75, 3.05) is 31.1 Å². The fourth-order valence-electron chi connectivity index (χ4n) is 5.52. The first-order valence-electron chi connectivity index (χ1n) is 12.8. The van der Waals surface area contributed by atoms with Gasteiger partial charge in [0.1, 0.15) is 5.82 Å². The third-order valence-corrected chi connectivity index (χ3v) is 8.21. The Morgan fingerprint density at radius 1 is 1.11 bits per heavy atom. The fraction of sp³-hybridized carbons (Fsp3) is 0.538. The molecule has 1 unspecified atom stereocenters. The third-order valence-electron chi connectivity index (χ3n) is 7.85. The molecule has 1 aromatic carbocycles. The number of amides is 1. The second-order valence-electron chi connectivity index (χ2n) is 10.4. The highest BCUT2D eigenvalue weighted by molar-refractivity contribution is 6.31. The predicted octanol–water partition coefficient (Wildman–Crippen LogP) is 2.75. The van der Waals surface area contributed by atoms with Crippen molar-refractivity contribution in [2.24, 2.45) is 25.9 Å². The maximum absolute atomic E-state index is 14.8. The van der Waals surface area contributed by atoms with Crippen molar-refractivity contribution in [3.63, 3.8) is 0 Å². The van der Waals surface area contributed by atoms with Gasteiger partial charge in [0.15, 0.2) is 11.2 Å². The highest BCUT2D eigenvalue weighted by Gasteiger charge is 2.33. The average molecular weight is 531 g/mol.